The summed E-state index contributed by atoms with van der Waals surface area (Å²) in [5.41, 5.74) is 1.36. The van der Waals surface area contributed by atoms with Crippen molar-refractivity contribution < 1.29 is 14.3 Å². The summed E-state index contributed by atoms with van der Waals surface area (Å²) in [6, 6.07) is 13.5. The van der Waals surface area contributed by atoms with Crippen LogP contribution in [0.3, 0.4) is 0 Å². The zero-order valence-corrected chi connectivity index (χ0v) is 12.3. The van der Waals surface area contributed by atoms with Crippen molar-refractivity contribution in [3.05, 3.63) is 71.8 Å². The molecule has 0 bridgehead atoms. The standard InChI is InChI=1S/C17H14FN3O2/c1-11-7-8-12(9-14(11)18)19-17(23)16-15(22)10-21(20-16)13-5-3-2-4-6-13/h2-10,22H,1H3,(H,19,23). The quantitative estimate of drug-likeness (QED) is 0.780. The predicted octanol–water partition coefficient (Wildman–Crippen LogP) is 3.28. The molecule has 6 heteroatoms. The van der Waals surface area contributed by atoms with Gasteiger partial charge in [0.1, 0.15) is 5.82 Å². The molecule has 0 radical (unpaired) electrons. The average Bonchev–Trinajstić information content (AvgIpc) is 2.94. The van der Waals surface area contributed by atoms with Crippen LogP contribution in [0, 0.1) is 12.7 Å². The second-order valence-corrected chi connectivity index (χ2v) is 5.06. The lowest BCUT2D eigenvalue weighted by Gasteiger charge is -2.05. The highest BCUT2D eigenvalue weighted by atomic mass is 19.1. The van der Waals surface area contributed by atoms with Crippen molar-refractivity contribution in [2.45, 2.75) is 6.92 Å². The molecule has 0 unspecified atom stereocenters. The van der Waals surface area contributed by atoms with Gasteiger partial charge in [0.05, 0.1) is 11.9 Å². The molecule has 0 aliphatic heterocycles. The molecule has 0 saturated carbocycles. The molecule has 3 aromatic rings. The van der Waals surface area contributed by atoms with Gasteiger partial charge in [-0.25, -0.2) is 9.07 Å². The number of para-hydroxylation sites is 1. The van der Waals surface area contributed by atoms with Crippen molar-refractivity contribution in [2.75, 3.05) is 5.32 Å². The third-order valence-corrected chi connectivity index (χ3v) is 3.36. The summed E-state index contributed by atoms with van der Waals surface area (Å²) >= 11 is 0. The summed E-state index contributed by atoms with van der Waals surface area (Å²) < 4.78 is 14.9. The highest BCUT2D eigenvalue weighted by molar-refractivity contribution is 6.04. The lowest BCUT2D eigenvalue weighted by Crippen LogP contribution is -2.13. The fourth-order valence-electron chi connectivity index (χ4n) is 2.10. The molecule has 0 atom stereocenters. The maximum Gasteiger partial charge on any atom is 0.280 e. The van der Waals surface area contributed by atoms with Crippen LogP contribution in [0.5, 0.6) is 5.75 Å². The molecule has 0 fully saturated rings. The highest BCUT2D eigenvalue weighted by Crippen LogP contribution is 2.20. The summed E-state index contributed by atoms with van der Waals surface area (Å²) in [5.74, 6) is -1.28. The van der Waals surface area contributed by atoms with Crippen LogP contribution < -0.4 is 5.32 Å². The topological polar surface area (TPSA) is 67.2 Å². The Morgan fingerprint density at radius 2 is 1.96 bits per heavy atom. The molecule has 0 saturated heterocycles. The van der Waals surface area contributed by atoms with Gasteiger partial charge in [-0.3, -0.25) is 4.79 Å². The third-order valence-electron chi connectivity index (χ3n) is 3.36. The monoisotopic (exact) mass is 311 g/mol. The number of carbonyl (C=O) groups excluding carboxylic acids is 1. The van der Waals surface area contributed by atoms with E-state index in [0.29, 0.717) is 16.9 Å². The number of aromatic nitrogens is 2. The fraction of sp³-hybridized carbons (Fsp3) is 0.0588. The van der Waals surface area contributed by atoms with Crippen LogP contribution in [-0.4, -0.2) is 20.8 Å². The number of aryl methyl sites for hydroxylation is 1. The van der Waals surface area contributed by atoms with Gasteiger partial charge in [0, 0.05) is 5.69 Å². The van der Waals surface area contributed by atoms with Crippen LogP contribution >= 0.6 is 0 Å². The fourth-order valence-corrected chi connectivity index (χ4v) is 2.10. The van der Waals surface area contributed by atoms with Gasteiger partial charge in [-0.05, 0) is 36.8 Å². The minimum atomic E-state index is -0.611. The number of nitrogens with one attached hydrogen (secondary N) is 1. The number of aromatic hydroxyl groups is 1. The minimum Gasteiger partial charge on any atom is -0.504 e. The Kier molecular flexibility index (Phi) is 3.80. The molecule has 5 nitrogen and oxygen atoms in total. The molecule has 23 heavy (non-hydrogen) atoms. The van der Waals surface area contributed by atoms with Crippen molar-refractivity contribution in [2.24, 2.45) is 0 Å². The molecule has 2 aromatic carbocycles. The molecular formula is C17H14FN3O2. The Hall–Kier alpha value is -3.15. The summed E-state index contributed by atoms with van der Waals surface area (Å²) in [5, 5.41) is 16.5. The number of halogens is 1. The first-order chi connectivity index (χ1) is 11.0. The van der Waals surface area contributed by atoms with Crippen LogP contribution in [0.25, 0.3) is 5.69 Å². The summed E-state index contributed by atoms with van der Waals surface area (Å²) in [6.45, 7) is 1.63. The Bertz CT molecular complexity index is 860. The Balaban J connectivity index is 1.85. The maximum atomic E-state index is 13.5. The summed E-state index contributed by atoms with van der Waals surface area (Å²) in [4.78, 5) is 12.2. The second-order valence-electron chi connectivity index (χ2n) is 5.06. The van der Waals surface area contributed by atoms with Crippen molar-refractivity contribution in [1.29, 1.82) is 0 Å². The number of hydrogen-bond donors (Lipinski definition) is 2. The zero-order valence-electron chi connectivity index (χ0n) is 12.3. The van der Waals surface area contributed by atoms with E-state index >= 15 is 0 Å². The van der Waals surface area contributed by atoms with E-state index < -0.39 is 11.7 Å². The van der Waals surface area contributed by atoms with E-state index in [2.05, 4.69) is 10.4 Å². The Morgan fingerprint density at radius 1 is 1.22 bits per heavy atom. The number of hydrogen-bond acceptors (Lipinski definition) is 3. The van der Waals surface area contributed by atoms with Crippen molar-refractivity contribution in [3.8, 4) is 11.4 Å². The Labute approximate surface area is 132 Å². The lowest BCUT2D eigenvalue weighted by molar-refractivity contribution is 0.101. The maximum absolute atomic E-state index is 13.5. The molecule has 1 aromatic heterocycles. The number of rotatable bonds is 3. The van der Waals surface area contributed by atoms with Gasteiger partial charge in [-0.2, -0.15) is 5.10 Å². The van der Waals surface area contributed by atoms with Crippen molar-refractivity contribution in [1.82, 2.24) is 9.78 Å². The van der Waals surface area contributed by atoms with Gasteiger partial charge in [0.15, 0.2) is 11.4 Å². The molecule has 116 valence electrons. The molecule has 1 heterocycles. The van der Waals surface area contributed by atoms with E-state index in [1.807, 2.05) is 18.2 Å². The SMILES string of the molecule is Cc1ccc(NC(=O)c2nn(-c3ccccc3)cc2O)cc1F. The minimum absolute atomic E-state index is 0.130. The summed E-state index contributed by atoms with van der Waals surface area (Å²) in [7, 11) is 0. The van der Waals surface area contributed by atoms with Crippen LogP contribution in [0.4, 0.5) is 10.1 Å². The van der Waals surface area contributed by atoms with Crippen LogP contribution in [0.1, 0.15) is 16.1 Å². The predicted molar refractivity (Wildman–Crippen MR) is 84.3 cm³/mol. The van der Waals surface area contributed by atoms with E-state index in [-0.39, 0.29) is 11.4 Å². The van der Waals surface area contributed by atoms with Crippen LogP contribution in [0.2, 0.25) is 0 Å². The molecule has 0 spiro atoms. The van der Waals surface area contributed by atoms with E-state index in [0.717, 1.165) is 0 Å². The van der Waals surface area contributed by atoms with Crippen molar-refractivity contribution >= 4 is 11.6 Å². The van der Waals surface area contributed by atoms with E-state index in [4.69, 9.17) is 0 Å². The molecule has 3 rings (SSSR count). The first-order valence-electron chi connectivity index (χ1n) is 6.96. The molecule has 2 N–H and O–H groups in total. The van der Waals surface area contributed by atoms with E-state index in [9.17, 15) is 14.3 Å². The van der Waals surface area contributed by atoms with E-state index in [1.54, 1.807) is 31.2 Å². The van der Waals surface area contributed by atoms with Crippen LogP contribution in [0.15, 0.2) is 54.7 Å². The molecular weight excluding hydrogens is 297 g/mol. The van der Waals surface area contributed by atoms with Gasteiger partial charge in [0.25, 0.3) is 5.91 Å². The zero-order chi connectivity index (χ0) is 16.4. The average molecular weight is 311 g/mol. The second kappa shape index (κ2) is 5.92. The number of anilines is 1. The van der Waals surface area contributed by atoms with Gasteiger partial charge in [-0.15, -0.1) is 0 Å². The van der Waals surface area contributed by atoms with E-state index in [1.165, 1.54) is 16.9 Å². The van der Waals surface area contributed by atoms with Gasteiger partial charge < -0.3 is 10.4 Å². The summed E-state index contributed by atoms with van der Waals surface area (Å²) in [6.07, 6.45) is 1.35. The lowest BCUT2D eigenvalue weighted by atomic mass is 10.2. The third kappa shape index (κ3) is 3.06. The van der Waals surface area contributed by atoms with Gasteiger partial charge in [0.2, 0.25) is 0 Å². The van der Waals surface area contributed by atoms with Gasteiger partial charge >= 0.3 is 0 Å². The number of amides is 1. The molecule has 0 aliphatic carbocycles. The van der Waals surface area contributed by atoms with Gasteiger partial charge in [-0.1, -0.05) is 24.3 Å². The highest BCUT2D eigenvalue weighted by Gasteiger charge is 2.17. The first kappa shape index (κ1) is 14.8. The normalized spacial score (nSPS) is 10.5. The first-order valence-corrected chi connectivity index (χ1v) is 6.96. The van der Waals surface area contributed by atoms with Crippen molar-refractivity contribution in [3.63, 3.8) is 0 Å². The van der Waals surface area contributed by atoms with Crippen LogP contribution in [-0.2, 0) is 0 Å². The number of benzene rings is 2. The smallest absolute Gasteiger partial charge is 0.280 e. The Morgan fingerprint density at radius 3 is 2.65 bits per heavy atom. The largest absolute Gasteiger partial charge is 0.504 e. The number of carbonyl (C=O) groups is 1. The molecule has 1 amide bonds. The number of nitrogens with zero attached hydrogens (tertiary/aromatic N) is 2. The molecule has 0 aliphatic rings.